The molecule has 4 rings (SSSR count). The molecule has 0 saturated heterocycles. The Kier molecular flexibility index (Phi) is 4.73. The maximum absolute atomic E-state index is 12.2. The summed E-state index contributed by atoms with van der Waals surface area (Å²) in [6, 6.07) is 18.8. The topological polar surface area (TPSA) is 113 Å². The smallest absolute Gasteiger partial charge is 0.411 e. The van der Waals surface area contributed by atoms with Crippen molar-refractivity contribution < 1.29 is 27.6 Å². The lowest BCUT2D eigenvalue weighted by Crippen LogP contribution is -2.18. The van der Waals surface area contributed by atoms with E-state index in [9.17, 15) is 18.3 Å². The number of phenols is 1. The highest BCUT2D eigenvalue weighted by Gasteiger charge is 2.29. The highest BCUT2D eigenvalue weighted by atomic mass is 32.2. The number of hydrogen-bond acceptors (Lipinski definition) is 5. The minimum absolute atomic E-state index is 0.0681. The fourth-order valence-corrected chi connectivity index (χ4v) is 4.03. The van der Waals surface area contributed by atoms with Crippen LogP contribution >= 0.6 is 0 Å². The van der Waals surface area contributed by atoms with Crippen LogP contribution in [0.3, 0.4) is 0 Å². The maximum atomic E-state index is 12.2. The van der Waals surface area contributed by atoms with Crippen molar-refractivity contribution in [2.75, 3.05) is 11.9 Å². The van der Waals surface area contributed by atoms with Crippen LogP contribution in [0.25, 0.3) is 11.1 Å². The Labute approximate surface area is 167 Å². The van der Waals surface area contributed by atoms with Gasteiger partial charge in [-0.2, -0.15) is 8.42 Å². The lowest BCUT2D eigenvalue weighted by Gasteiger charge is -2.15. The number of carbonyl (C=O) groups is 1. The van der Waals surface area contributed by atoms with E-state index >= 15 is 0 Å². The third-order valence-electron chi connectivity index (χ3n) is 4.85. The van der Waals surface area contributed by atoms with Gasteiger partial charge in [0.25, 0.3) is 10.1 Å². The second-order valence-corrected chi connectivity index (χ2v) is 8.03. The average Bonchev–Trinajstić information content (AvgIpc) is 3.01. The molecule has 29 heavy (non-hydrogen) atoms. The zero-order valence-corrected chi connectivity index (χ0v) is 15.9. The van der Waals surface area contributed by atoms with Gasteiger partial charge in [0, 0.05) is 5.92 Å². The lowest BCUT2D eigenvalue weighted by molar-refractivity contribution is 0.158. The Morgan fingerprint density at radius 3 is 2.14 bits per heavy atom. The largest absolute Gasteiger partial charge is 0.506 e. The minimum atomic E-state index is -4.47. The number of fused-ring (bicyclic) bond motifs is 3. The SMILES string of the molecule is O=C(Nc1cc(S(=O)(=O)O)ccc1O)OCC1c2ccccc2-c2ccccc21. The molecule has 0 saturated carbocycles. The highest BCUT2D eigenvalue weighted by molar-refractivity contribution is 7.85. The summed E-state index contributed by atoms with van der Waals surface area (Å²) in [6.07, 6.45) is -0.852. The predicted octanol–water partition coefficient (Wildman–Crippen LogP) is 4.00. The van der Waals surface area contributed by atoms with Crippen molar-refractivity contribution in [2.24, 2.45) is 0 Å². The summed E-state index contributed by atoms with van der Waals surface area (Å²) in [5.41, 5.74) is 4.11. The monoisotopic (exact) mass is 411 g/mol. The molecular formula is C21H17NO6S. The Morgan fingerprint density at radius 1 is 0.966 bits per heavy atom. The van der Waals surface area contributed by atoms with Gasteiger partial charge in [-0.3, -0.25) is 9.87 Å². The maximum Gasteiger partial charge on any atom is 0.411 e. The molecule has 1 aliphatic rings. The number of ether oxygens (including phenoxy) is 1. The summed E-state index contributed by atoms with van der Waals surface area (Å²) in [7, 11) is -4.47. The van der Waals surface area contributed by atoms with Crippen LogP contribution in [0.4, 0.5) is 10.5 Å². The van der Waals surface area contributed by atoms with Crippen molar-refractivity contribution in [1.29, 1.82) is 0 Å². The van der Waals surface area contributed by atoms with Gasteiger partial charge in [0.15, 0.2) is 0 Å². The first-order valence-corrected chi connectivity index (χ1v) is 10.2. The van der Waals surface area contributed by atoms with Crippen LogP contribution in [0, 0.1) is 0 Å². The molecule has 0 heterocycles. The van der Waals surface area contributed by atoms with E-state index in [2.05, 4.69) is 5.32 Å². The molecule has 8 heteroatoms. The van der Waals surface area contributed by atoms with Gasteiger partial charge in [0.05, 0.1) is 10.6 Å². The standard InChI is InChI=1S/C21H17NO6S/c23-20-10-9-13(29(25,26)27)11-19(20)22-21(24)28-12-18-16-7-3-1-5-14(16)15-6-2-4-8-17(15)18/h1-11,18,23H,12H2,(H,22,24)(H,25,26,27). The van der Waals surface area contributed by atoms with Crippen molar-refractivity contribution in [2.45, 2.75) is 10.8 Å². The molecule has 1 amide bonds. The van der Waals surface area contributed by atoms with E-state index in [1.807, 2.05) is 48.5 Å². The molecule has 3 N–H and O–H groups in total. The number of rotatable bonds is 4. The Bertz CT molecular complexity index is 1160. The molecule has 0 aliphatic heterocycles. The van der Waals surface area contributed by atoms with Crippen molar-refractivity contribution >= 4 is 21.9 Å². The van der Waals surface area contributed by atoms with Crippen LogP contribution in [0.1, 0.15) is 17.0 Å². The number of amides is 1. The van der Waals surface area contributed by atoms with Gasteiger partial charge < -0.3 is 9.84 Å². The first-order valence-electron chi connectivity index (χ1n) is 8.77. The normalized spacial score (nSPS) is 12.9. The molecule has 148 valence electrons. The summed E-state index contributed by atoms with van der Waals surface area (Å²) in [4.78, 5) is 11.8. The lowest BCUT2D eigenvalue weighted by atomic mass is 9.98. The summed E-state index contributed by atoms with van der Waals surface area (Å²) in [5.74, 6) is -0.489. The number of hydrogen-bond donors (Lipinski definition) is 3. The summed E-state index contributed by atoms with van der Waals surface area (Å²) in [6.45, 7) is 0.0681. The second kappa shape index (κ2) is 7.23. The van der Waals surface area contributed by atoms with Gasteiger partial charge in [-0.25, -0.2) is 4.79 Å². The molecule has 0 unspecified atom stereocenters. The summed E-state index contributed by atoms with van der Waals surface area (Å²) >= 11 is 0. The van der Waals surface area contributed by atoms with Crippen LogP contribution in [-0.2, 0) is 14.9 Å². The molecule has 0 atom stereocenters. The molecule has 0 bridgehead atoms. The number of nitrogens with one attached hydrogen (secondary N) is 1. The molecule has 3 aromatic rings. The van der Waals surface area contributed by atoms with E-state index in [0.29, 0.717) is 0 Å². The summed E-state index contributed by atoms with van der Waals surface area (Å²) < 4.78 is 37.0. The van der Waals surface area contributed by atoms with Gasteiger partial charge in [-0.05, 0) is 40.5 Å². The van der Waals surface area contributed by atoms with Crippen LogP contribution in [0.2, 0.25) is 0 Å². The van der Waals surface area contributed by atoms with Gasteiger partial charge >= 0.3 is 6.09 Å². The van der Waals surface area contributed by atoms with Crippen LogP contribution < -0.4 is 5.32 Å². The fraction of sp³-hybridized carbons (Fsp3) is 0.0952. The van der Waals surface area contributed by atoms with E-state index in [-0.39, 0.29) is 24.0 Å². The number of anilines is 1. The molecule has 3 aromatic carbocycles. The molecular weight excluding hydrogens is 394 g/mol. The molecule has 1 aliphatic carbocycles. The van der Waals surface area contributed by atoms with Gasteiger partial charge in [-0.15, -0.1) is 0 Å². The first-order chi connectivity index (χ1) is 13.8. The third kappa shape index (κ3) is 3.67. The number of phenolic OH excluding ortho intramolecular Hbond substituents is 1. The number of benzene rings is 3. The van der Waals surface area contributed by atoms with Gasteiger partial charge in [-0.1, -0.05) is 48.5 Å². The average molecular weight is 411 g/mol. The van der Waals surface area contributed by atoms with E-state index in [1.54, 1.807) is 0 Å². The van der Waals surface area contributed by atoms with Crippen molar-refractivity contribution in [3.8, 4) is 16.9 Å². The third-order valence-corrected chi connectivity index (χ3v) is 5.70. The Balaban J connectivity index is 1.51. The second-order valence-electron chi connectivity index (χ2n) is 6.60. The van der Waals surface area contributed by atoms with E-state index in [1.165, 1.54) is 0 Å². The quantitative estimate of drug-likeness (QED) is 0.442. The van der Waals surface area contributed by atoms with Crippen LogP contribution in [0.15, 0.2) is 71.6 Å². The van der Waals surface area contributed by atoms with Crippen LogP contribution in [0.5, 0.6) is 5.75 Å². The van der Waals surface area contributed by atoms with Crippen molar-refractivity contribution in [3.63, 3.8) is 0 Å². The highest BCUT2D eigenvalue weighted by Crippen LogP contribution is 2.44. The molecule has 0 spiro atoms. The van der Waals surface area contributed by atoms with E-state index in [4.69, 9.17) is 9.29 Å². The Hall–Kier alpha value is -3.36. The first kappa shape index (κ1) is 19.0. The predicted molar refractivity (Wildman–Crippen MR) is 107 cm³/mol. The molecule has 0 fully saturated rings. The zero-order chi connectivity index (χ0) is 20.6. The van der Waals surface area contributed by atoms with Crippen molar-refractivity contribution in [1.82, 2.24) is 0 Å². The number of aromatic hydroxyl groups is 1. The minimum Gasteiger partial charge on any atom is -0.506 e. The number of carbonyl (C=O) groups excluding carboxylic acids is 1. The summed E-state index contributed by atoms with van der Waals surface area (Å²) in [5, 5.41) is 12.2. The Morgan fingerprint density at radius 2 is 1.55 bits per heavy atom. The molecule has 0 aromatic heterocycles. The van der Waals surface area contributed by atoms with Gasteiger partial charge in [0.1, 0.15) is 12.4 Å². The van der Waals surface area contributed by atoms with Crippen molar-refractivity contribution in [3.05, 3.63) is 77.9 Å². The van der Waals surface area contributed by atoms with Crippen LogP contribution in [-0.4, -0.2) is 30.8 Å². The van der Waals surface area contributed by atoms with Gasteiger partial charge in [0.2, 0.25) is 0 Å². The van der Waals surface area contributed by atoms with E-state index < -0.39 is 21.1 Å². The fourth-order valence-electron chi connectivity index (χ4n) is 3.52. The molecule has 0 radical (unpaired) electrons. The zero-order valence-electron chi connectivity index (χ0n) is 15.1. The van der Waals surface area contributed by atoms with E-state index in [0.717, 1.165) is 40.5 Å². The molecule has 7 nitrogen and oxygen atoms in total.